The quantitative estimate of drug-likeness (QED) is 0.0841. The molecule has 1 saturated heterocycles. The highest BCUT2D eigenvalue weighted by Crippen LogP contribution is 2.60. The van der Waals surface area contributed by atoms with Gasteiger partial charge in [0.05, 0.1) is 37.1 Å². The summed E-state index contributed by atoms with van der Waals surface area (Å²) in [5.41, 5.74) is -6.72. The molecule has 1 aromatic heterocycles. The Labute approximate surface area is 370 Å². The minimum Gasteiger partial charge on any atom is -0.481 e. The molecule has 4 aliphatic heterocycles. The number of nitrogens with one attached hydrogen (secondary N) is 2. The highest BCUT2D eigenvalue weighted by atomic mass is 16.4. The van der Waals surface area contributed by atoms with Crippen molar-refractivity contribution in [1.29, 1.82) is 0 Å². The fourth-order valence-corrected chi connectivity index (χ4v) is 10.6. The first-order chi connectivity index (χ1) is 30.2. The third-order valence-electron chi connectivity index (χ3n) is 13.6. The zero-order chi connectivity index (χ0) is 48.6. The highest BCUT2D eigenvalue weighted by molar-refractivity contribution is 6.07. The summed E-state index contributed by atoms with van der Waals surface area (Å²) in [4.78, 5) is 128. The van der Waals surface area contributed by atoms with Gasteiger partial charge < -0.3 is 51.2 Å². The number of rotatable bonds is 21. The van der Waals surface area contributed by atoms with E-state index < -0.39 is 133 Å². The normalized spacial score (nSPS) is 26.5. The van der Waals surface area contributed by atoms with Crippen molar-refractivity contribution in [3.05, 3.63) is 56.8 Å². The van der Waals surface area contributed by atoms with Crippen molar-refractivity contribution >= 4 is 65.0 Å². The van der Waals surface area contributed by atoms with E-state index in [9.17, 15) is 84.0 Å². The Bertz CT molecular complexity index is 2450. The molecule has 4 aliphatic rings. The van der Waals surface area contributed by atoms with Gasteiger partial charge in [-0.05, 0) is 67.9 Å². The molecule has 0 spiro atoms. The molecule has 21 nitrogen and oxygen atoms in total. The smallest absolute Gasteiger partial charge is 0.307 e. The second-order valence-corrected chi connectivity index (χ2v) is 17.8. The molecule has 350 valence electrons. The number of carboxylic acid groups (broad SMARTS) is 8. The number of carboxylic acids is 8. The lowest BCUT2D eigenvalue weighted by Crippen LogP contribution is -2.59. The zero-order valence-corrected chi connectivity index (χ0v) is 36.2. The second kappa shape index (κ2) is 18.3. The van der Waals surface area contributed by atoms with E-state index in [-0.39, 0.29) is 101 Å². The number of nitrogens with zero attached hydrogens (tertiary/aromatic N) is 2. The number of aromatic nitrogens is 1. The lowest BCUT2D eigenvalue weighted by atomic mass is 9.59. The highest BCUT2D eigenvalue weighted by Gasteiger charge is 2.67. The minimum absolute atomic E-state index is 0.0106. The van der Waals surface area contributed by atoms with Gasteiger partial charge in [0.25, 0.3) is 0 Å². The summed E-state index contributed by atoms with van der Waals surface area (Å²) >= 11 is 0. The first kappa shape index (κ1) is 49.1. The van der Waals surface area contributed by atoms with Crippen LogP contribution in [0.5, 0.6) is 0 Å². The van der Waals surface area contributed by atoms with Crippen LogP contribution < -0.4 is 5.32 Å². The van der Waals surface area contributed by atoms with Crippen LogP contribution in [0, 0.1) is 22.2 Å². The molecule has 0 aliphatic carbocycles. The molecule has 5 heterocycles. The largest absolute Gasteiger partial charge is 0.481 e. The Balaban J connectivity index is 2.05. The molecule has 0 amide bonds. The van der Waals surface area contributed by atoms with Gasteiger partial charge in [-0.3, -0.25) is 53.1 Å². The fraction of sp³-hybridized carbons (Fsp3) is 0.523. The molecule has 0 saturated carbocycles. The maximum atomic E-state index is 14.8. The standard InChI is InChI=1S/C44H52N4O17/c1-20(49)44-40-25(14-37(60)61)41(2,12-11-35(56)57)30(47-40)16-27-21(5-8-32(50)51)22(13-36(58)59)26(45-27)15-28-23(6-9-33(52)53)42(3,18-38(62)63)31(46-28)17-29(48-44)24(7-10-34(54)55)43(44,4)19-39(64)65/h17,24,45,48H,5-16,18-19H2,1-4H3,(H,50,51)(H,52,53)(H,54,55)(H,56,57)(H,58,59)(H,60,61)(H,62,63)(H,64,65)/b29-17-/t24-,41-,42+,43+,44?/m1/s1. The molecule has 8 bridgehead atoms. The minimum atomic E-state index is -2.32. The molecule has 0 radical (unpaired) electrons. The van der Waals surface area contributed by atoms with E-state index in [0.29, 0.717) is 0 Å². The van der Waals surface area contributed by atoms with Crippen molar-refractivity contribution in [3.8, 4) is 0 Å². The Morgan fingerprint density at radius 2 is 1.20 bits per heavy atom. The number of carbonyl (C=O) groups is 9. The summed E-state index contributed by atoms with van der Waals surface area (Å²) in [5, 5.41) is 84.4. The van der Waals surface area contributed by atoms with Crippen molar-refractivity contribution in [2.75, 3.05) is 0 Å². The van der Waals surface area contributed by atoms with E-state index in [2.05, 4.69) is 10.3 Å². The fourth-order valence-electron chi connectivity index (χ4n) is 10.6. The number of ketones is 1. The number of H-pyrrole nitrogens is 1. The third kappa shape index (κ3) is 9.35. The molecular weight excluding hydrogens is 856 g/mol. The molecule has 5 rings (SSSR count). The van der Waals surface area contributed by atoms with Gasteiger partial charge in [-0.2, -0.15) is 0 Å². The number of hydrogen-bond donors (Lipinski definition) is 10. The number of aromatic amines is 1. The van der Waals surface area contributed by atoms with Crippen molar-refractivity contribution < 1.29 is 84.0 Å². The summed E-state index contributed by atoms with van der Waals surface area (Å²) in [6, 6.07) is 0. The van der Waals surface area contributed by atoms with Gasteiger partial charge >= 0.3 is 47.8 Å². The van der Waals surface area contributed by atoms with Crippen LogP contribution in [0.3, 0.4) is 0 Å². The van der Waals surface area contributed by atoms with Crippen LogP contribution in [-0.2, 0) is 68.8 Å². The van der Waals surface area contributed by atoms with Crippen LogP contribution in [0.2, 0.25) is 0 Å². The first-order valence-corrected chi connectivity index (χ1v) is 20.8. The van der Waals surface area contributed by atoms with Crippen molar-refractivity contribution in [1.82, 2.24) is 10.3 Å². The summed E-state index contributed by atoms with van der Waals surface area (Å²) in [5.74, 6) is -12.7. The van der Waals surface area contributed by atoms with Crippen molar-refractivity contribution in [2.45, 2.75) is 123 Å². The number of fused-ring (bicyclic) bond motifs is 7. The van der Waals surface area contributed by atoms with Gasteiger partial charge in [-0.15, -0.1) is 0 Å². The summed E-state index contributed by atoms with van der Waals surface area (Å²) in [6.45, 7) is 5.53. The monoisotopic (exact) mass is 908 g/mol. The molecule has 0 aromatic carbocycles. The van der Waals surface area contributed by atoms with E-state index >= 15 is 0 Å². The average molecular weight is 909 g/mol. The van der Waals surface area contributed by atoms with E-state index in [1.165, 1.54) is 26.8 Å². The number of Topliss-reactive ketones (excluding diaryl/α,β-unsaturated/α-hetero) is 1. The predicted octanol–water partition coefficient (Wildman–Crippen LogP) is 3.64. The van der Waals surface area contributed by atoms with E-state index in [1.54, 1.807) is 0 Å². The molecule has 21 heteroatoms. The van der Waals surface area contributed by atoms with Gasteiger partial charge in [-0.1, -0.05) is 13.8 Å². The van der Waals surface area contributed by atoms with E-state index in [4.69, 9.17) is 9.98 Å². The van der Waals surface area contributed by atoms with Gasteiger partial charge in [0.1, 0.15) is 5.54 Å². The van der Waals surface area contributed by atoms with E-state index in [0.717, 1.165) is 6.92 Å². The summed E-state index contributed by atoms with van der Waals surface area (Å²) in [6.07, 6.45) is -5.63. The summed E-state index contributed by atoms with van der Waals surface area (Å²) in [7, 11) is 0. The molecule has 65 heavy (non-hydrogen) atoms. The summed E-state index contributed by atoms with van der Waals surface area (Å²) < 4.78 is 0. The van der Waals surface area contributed by atoms with Gasteiger partial charge in [0, 0.05) is 89.2 Å². The number of carbonyl (C=O) groups excluding carboxylic acids is 1. The molecule has 1 fully saturated rings. The lowest BCUT2D eigenvalue weighted by molar-refractivity contribution is -0.143. The molecule has 10 N–H and O–H groups in total. The van der Waals surface area contributed by atoms with Crippen LogP contribution in [0.25, 0.3) is 0 Å². The SMILES string of the molecule is CC(=O)C12N/C(=C\C3=NC(=C(CCC(=O)O)[C@]3(C)CC(=O)O)Cc3[nH]c(c(CCC(=O)O)c3CC(=O)O)CC3=NC1=C(CC(=O)O)[C@@]3(C)CCC(=O)O)[C@@H](CCC(=O)O)[C@]2(C)CC(=O)O. The predicted molar refractivity (Wildman–Crippen MR) is 224 cm³/mol. The Hall–Kier alpha value is -6.93. The van der Waals surface area contributed by atoms with Crippen molar-refractivity contribution in [3.63, 3.8) is 0 Å². The maximum absolute atomic E-state index is 14.8. The van der Waals surface area contributed by atoms with E-state index in [1.807, 2.05) is 0 Å². The Kier molecular flexibility index (Phi) is 13.8. The van der Waals surface area contributed by atoms with Crippen LogP contribution in [0.1, 0.15) is 114 Å². The lowest BCUT2D eigenvalue weighted by Gasteiger charge is -2.44. The maximum Gasteiger partial charge on any atom is 0.307 e. The number of aliphatic carboxylic acids is 8. The number of hydrogen-bond acceptors (Lipinski definition) is 12. The molecular formula is C44H52N4O17. The molecule has 5 atom stereocenters. The van der Waals surface area contributed by atoms with Crippen LogP contribution >= 0.6 is 0 Å². The molecule has 1 unspecified atom stereocenters. The van der Waals surface area contributed by atoms with Crippen LogP contribution in [0.4, 0.5) is 0 Å². The number of aliphatic imine (C=N–C) groups is 2. The van der Waals surface area contributed by atoms with Crippen molar-refractivity contribution in [2.24, 2.45) is 32.1 Å². The van der Waals surface area contributed by atoms with Gasteiger partial charge in [0.15, 0.2) is 5.78 Å². The number of allylic oxidation sites excluding steroid dienone is 4. The van der Waals surface area contributed by atoms with Crippen LogP contribution in [0.15, 0.2) is 44.3 Å². The first-order valence-electron chi connectivity index (χ1n) is 20.8. The van der Waals surface area contributed by atoms with Gasteiger partial charge in [0.2, 0.25) is 0 Å². The zero-order valence-electron chi connectivity index (χ0n) is 36.2. The Morgan fingerprint density at radius 1 is 0.631 bits per heavy atom. The molecule has 1 aromatic rings. The van der Waals surface area contributed by atoms with Crippen LogP contribution in [-0.4, -0.2) is 116 Å². The Morgan fingerprint density at radius 3 is 1.74 bits per heavy atom. The second-order valence-electron chi connectivity index (χ2n) is 17.8. The topological polar surface area (TPSA) is 368 Å². The third-order valence-corrected chi connectivity index (χ3v) is 13.6. The van der Waals surface area contributed by atoms with Gasteiger partial charge in [-0.25, -0.2) is 0 Å². The average Bonchev–Trinajstić information content (AvgIpc) is 3.78.